The second-order valence-electron chi connectivity index (χ2n) is 7.37. The molecule has 31 heavy (non-hydrogen) atoms. The zero-order valence-corrected chi connectivity index (χ0v) is 17.8. The van der Waals surface area contributed by atoms with Gasteiger partial charge in [0, 0.05) is 24.3 Å². The molecule has 1 fully saturated rings. The topological polar surface area (TPSA) is 36.5 Å². The molecule has 174 valence electrons. The van der Waals surface area contributed by atoms with E-state index in [1.165, 1.54) is 6.26 Å². The van der Waals surface area contributed by atoms with Crippen molar-refractivity contribution in [3.05, 3.63) is 42.2 Å². The molecule has 0 unspecified atom stereocenters. The summed E-state index contributed by atoms with van der Waals surface area (Å²) in [7, 11) is 1.93. The number of halogens is 6. The first kappa shape index (κ1) is 25.3. The maximum atomic E-state index is 13.0. The molecule has 1 aliphatic carbocycles. The molecule has 0 saturated heterocycles. The Morgan fingerprint density at radius 2 is 1.71 bits per heavy atom. The lowest BCUT2D eigenvalue weighted by Gasteiger charge is -2.38. The molecule has 0 aromatic heterocycles. The lowest BCUT2D eigenvalue weighted by molar-refractivity contribution is -0.143. The molecular formula is C20H25F6N3OS. The summed E-state index contributed by atoms with van der Waals surface area (Å²) >= 11 is 5.19. The Morgan fingerprint density at radius 3 is 2.26 bits per heavy atom. The Bertz CT molecular complexity index is 736. The molecule has 1 aliphatic rings. The van der Waals surface area contributed by atoms with Crippen molar-refractivity contribution in [1.82, 2.24) is 10.2 Å². The number of nitrogens with zero attached hydrogens (tertiary/aromatic N) is 1. The minimum atomic E-state index is -4.92. The molecule has 1 aromatic rings. The van der Waals surface area contributed by atoms with Gasteiger partial charge in [0.1, 0.15) is 0 Å². The third-order valence-electron chi connectivity index (χ3n) is 5.14. The van der Waals surface area contributed by atoms with Crippen LogP contribution in [0.4, 0.5) is 32.0 Å². The van der Waals surface area contributed by atoms with Gasteiger partial charge in [-0.05, 0) is 50.3 Å². The van der Waals surface area contributed by atoms with Crippen LogP contribution in [-0.4, -0.2) is 42.3 Å². The standard InChI is InChI=1S/C20H25F6N3OS/c1-3-30-9-8-29(2)17-7-5-4-6-16(17)28-18(31)27-15-11-13(19(21,22)23)10-14(12-15)20(24,25)26/h3,10-12,16-17H,1,4-9H2,2H3,(H2,27,28,31)/t16-,17-/m1/s1. The number of hydrogen-bond donors (Lipinski definition) is 2. The highest BCUT2D eigenvalue weighted by atomic mass is 32.1. The third kappa shape index (κ3) is 7.57. The number of ether oxygens (including phenoxy) is 1. The maximum absolute atomic E-state index is 13.0. The number of anilines is 1. The highest BCUT2D eigenvalue weighted by Gasteiger charge is 2.37. The maximum Gasteiger partial charge on any atom is 0.416 e. The highest BCUT2D eigenvalue weighted by Crippen LogP contribution is 2.37. The fourth-order valence-corrected chi connectivity index (χ4v) is 3.88. The van der Waals surface area contributed by atoms with Gasteiger partial charge in [0.2, 0.25) is 0 Å². The van der Waals surface area contributed by atoms with E-state index in [0.717, 1.165) is 25.7 Å². The Kier molecular flexibility index (Phi) is 8.58. The van der Waals surface area contributed by atoms with Crippen LogP contribution in [0.25, 0.3) is 0 Å². The van der Waals surface area contributed by atoms with Crippen LogP contribution in [0.1, 0.15) is 36.8 Å². The molecule has 2 atom stereocenters. The quantitative estimate of drug-likeness (QED) is 0.242. The van der Waals surface area contributed by atoms with Crippen LogP contribution in [-0.2, 0) is 17.1 Å². The van der Waals surface area contributed by atoms with Gasteiger partial charge in [-0.1, -0.05) is 19.4 Å². The molecule has 0 bridgehead atoms. The monoisotopic (exact) mass is 469 g/mol. The van der Waals surface area contributed by atoms with Crippen molar-refractivity contribution >= 4 is 23.0 Å². The molecular weight excluding hydrogens is 444 g/mol. The smallest absolute Gasteiger partial charge is 0.416 e. The summed E-state index contributed by atoms with van der Waals surface area (Å²) in [5, 5.41) is 5.52. The van der Waals surface area contributed by atoms with Crippen molar-refractivity contribution < 1.29 is 31.1 Å². The van der Waals surface area contributed by atoms with Gasteiger partial charge in [-0.3, -0.25) is 4.90 Å². The molecule has 0 amide bonds. The number of likely N-dealkylation sites (N-methyl/N-ethyl adjacent to an activating group) is 1. The van der Waals surface area contributed by atoms with Gasteiger partial charge in [0.05, 0.1) is 24.0 Å². The highest BCUT2D eigenvalue weighted by molar-refractivity contribution is 7.80. The van der Waals surface area contributed by atoms with Crippen LogP contribution in [0, 0.1) is 0 Å². The predicted octanol–water partition coefficient (Wildman–Crippen LogP) is 5.41. The zero-order chi connectivity index (χ0) is 23.2. The van der Waals surface area contributed by atoms with Crippen LogP contribution in [0.3, 0.4) is 0 Å². The minimum absolute atomic E-state index is 0.0277. The van der Waals surface area contributed by atoms with E-state index in [2.05, 4.69) is 22.1 Å². The summed E-state index contributed by atoms with van der Waals surface area (Å²) < 4.78 is 83.4. The number of thiocarbonyl (C=S) groups is 1. The van der Waals surface area contributed by atoms with E-state index in [9.17, 15) is 26.3 Å². The van der Waals surface area contributed by atoms with E-state index in [4.69, 9.17) is 17.0 Å². The van der Waals surface area contributed by atoms with E-state index < -0.39 is 23.5 Å². The summed E-state index contributed by atoms with van der Waals surface area (Å²) in [5.41, 5.74) is -3.17. The number of benzene rings is 1. The molecule has 1 aromatic carbocycles. The van der Waals surface area contributed by atoms with E-state index in [0.29, 0.717) is 25.3 Å². The van der Waals surface area contributed by atoms with E-state index in [-0.39, 0.29) is 28.9 Å². The van der Waals surface area contributed by atoms with Crippen LogP contribution in [0.2, 0.25) is 0 Å². The lowest BCUT2D eigenvalue weighted by atomic mass is 9.89. The van der Waals surface area contributed by atoms with E-state index in [1.54, 1.807) is 0 Å². The lowest BCUT2D eigenvalue weighted by Crippen LogP contribution is -2.53. The Hall–Kier alpha value is -2.01. The average Bonchev–Trinajstić information content (AvgIpc) is 2.66. The van der Waals surface area contributed by atoms with Crippen molar-refractivity contribution in [1.29, 1.82) is 0 Å². The Morgan fingerprint density at radius 1 is 1.13 bits per heavy atom. The van der Waals surface area contributed by atoms with Gasteiger partial charge >= 0.3 is 12.4 Å². The SMILES string of the molecule is C=COCCN(C)[C@@H]1CCCC[C@H]1NC(=S)Nc1cc(C(F)(F)F)cc(C(F)(F)F)c1. The number of alkyl halides is 6. The fourth-order valence-electron chi connectivity index (χ4n) is 3.62. The van der Waals surface area contributed by atoms with Crippen LogP contribution < -0.4 is 10.6 Å². The molecule has 4 nitrogen and oxygen atoms in total. The van der Waals surface area contributed by atoms with Gasteiger partial charge < -0.3 is 15.4 Å². The molecule has 0 aliphatic heterocycles. The number of rotatable bonds is 7. The summed E-state index contributed by atoms with van der Waals surface area (Å²) in [6, 6.07) is 1.30. The molecule has 0 heterocycles. The summed E-state index contributed by atoms with van der Waals surface area (Å²) in [4.78, 5) is 2.09. The first-order valence-electron chi connectivity index (χ1n) is 9.71. The molecule has 0 spiro atoms. The van der Waals surface area contributed by atoms with Gasteiger partial charge in [-0.2, -0.15) is 26.3 Å². The van der Waals surface area contributed by atoms with Crippen molar-refractivity contribution in [2.24, 2.45) is 0 Å². The number of nitrogens with one attached hydrogen (secondary N) is 2. The third-order valence-corrected chi connectivity index (χ3v) is 5.36. The van der Waals surface area contributed by atoms with Gasteiger partial charge in [0.25, 0.3) is 0 Å². The van der Waals surface area contributed by atoms with Crippen molar-refractivity contribution in [2.75, 3.05) is 25.5 Å². The normalized spacial score (nSPS) is 19.7. The van der Waals surface area contributed by atoms with Gasteiger partial charge in [-0.15, -0.1) is 0 Å². The largest absolute Gasteiger partial charge is 0.500 e. The molecule has 2 N–H and O–H groups in total. The molecule has 2 rings (SSSR count). The fraction of sp³-hybridized carbons (Fsp3) is 0.550. The first-order chi connectivity index (χ1) is 14.4. The predicted molar refractivity (Wildman–Crippen MR) is 111 cm³/mol. The van der Waals surface area contributed by atoms with Crippen LogP contribution >= 0.6 is 12.2 Å². The van der Waals surface area contributed by atoms with E-state index >= 15 is 0 Å². The van der Waals surface area contributed by atoms with Gasteiger partial charge in [-0.25, -0.2) is 0 Å². The van der Waals surface area contributed by atoms with Crippen molar-refractivity contribution in [2.45, 2.75) is 50.1 Å². The average molecular weight is 469 g/mol. The Labute approximate surface area is 182 Å². The first-order valence-corrected chi connectivity index (χ1v) is 10.1. The summed E-state index contributed by atoms with van der Waals surface area (Å²) in [5.74, 6) is 0. The number of hydrogen-bond acceptors (Lipinski definition) is 3. The van der Waals surface area contributed by atoms with E-state index in [1.807, 2.05) is 7.05 Å². The summed E-state index contributed by atoms with van der Waals surface area (Å²) in [6.45, 7) is 4.58. The second kappa shape index (κ2) is 10.5. The van der Waals surface area contributed by atoms with Crippen LogP contribution in [0.15, 0.2) is 31.0 Å². The Balaban J connectivity index is 2.12. The van der Waals surface area contributed by atoms with Crippen LogP contribution in [0.5, 0.6) is 0 Å². The zero-order valence-electron chi connectivity index (χ0n) is 16.9. The second-order valence-corrected chi connectivity index (χ2v) is 7.78. The summed E-state index contributed by atoms with van der Waals surface area (Å²) in [6.07, 6.45) is -4.88. The molecule has 0 radical (unpaired) electrons. The molecule has 11 heteroatoms. The molecule has 1 saturated carbocycles. The minimum Gasteiger partial charge on any atom is -0.500 e. The van der Waals surface area contributed by atoms with Gasteiger partial charge in [0.15, 0.2) is 5.11 Å². The van der Waals surface area contributed by atoms with Crippen molar-refractivity contribution in [3.63, 3.8) is 0 Å². The van der Waals surface area contributed by atoms with Crippen molar-refractivity contribution in [3.8, 4) is 0 Å².